The molecule has 3 heterocycles. The van der Waals surface area contributed by atoms with Gasteiger partial charge in [-0.2, -0.15) is 0 Å². The minimum atomic E-state index is -0.214. The number of H-pyrrole nitrogens is 1. The van der Waals surface area contributed by atoms with Crippen LogP contribution in [0.1, 0.15) is 11.3 Å². The van der Waals surface area contributed by atoms with Crippen molar-refractivity contribution in [3.63, 3.8) is 0 Å². The molecule has 0 spiro atoms. The van der Waals surface area contributed by atoms with Gasteiger partial charge in [0.1, 0.15) is 0 Å². The van der Waals surface area contributed by atoms with Gasteiger partial charge >= 0.3 is 5.69 Å². The van der Waals surface area contributed by atoms with Gasteiger partial charge in [0.05, 0.1) is 12.1 Å². The summed E-state index contributed by atoms with van der Waals surface area (Å²) in [5, 5.41) is 1.16. The molecule has 1 N–H and O–H groups in total. The van der Waals surface area contributed by atoms with Crippen LogP contribution in [-0.4, -0.2) is 37.0 Å². The monoisotopic (exact) mass is 375 g/mol. The lowest BCUT2D eigenvalue weighted by atomic mass is 10.2. The van der Waals surface area contributed by atoms with Gasteiger partial charge in [-0.15, -0.1) is 0 Å². The van der Waals surface area contributed by atoms with Gasteiger partial charge < -0.3 is 9.47 Å². The van der Waals surface area contributed by atoms with Crippen LogP contribution >= 0.6 is 0 Å². The van der Waals surface area contributed by atoms with Crippen molar-refractivity contribution in [1.82, 2.24) is 24.0 Å². The van der Waals surface area contributed by atoms with Gasteiger partial charge in [0, 0.05) is 44.6 Å². The third kappa shape index (κ3) is 3.11. The highest BCUT2D eigenvalue weighted by atomic mass is 16.2. The topological polar surface area (TPSA) is 75.9 Å². The van der Waals surface area contributed by atoms with Crippen LogP contribution < -0.4 is 5.69 Å². The van der Waals surface area contributed by atoms with E-state index in [-0.39, 0.29) is 11.6 Å². The van der Waals surface area contributed by atoms with E-state index in [2.05, 4.69) is 32.7 Å². The van der Waals surface area contributed by atoms with Crippen molar-refractivity contribution < 1.29 is 4.79 Å². The Morgan fingerprint density at radius 3 is 2.75 bits per heavy atom. The number of likely N-dealkylation sites (N-methyl/N-ethyl adjacent to an activating group) is 1. The van der Waals surface area contributed by atoms with Crippen LogP contribution in [0.2, 0.25) is 0 Å². The van der Waals surface area contributed by atoms with Crippen LogP contribution in [0.25, 0.3) is 28.1 Å². The Morgan fingerprint density at radius 1 is 1.18 bits per heavy atom. The quantitative estimate of drug-likeness (QED) is 0.557. The number of fused-ring (bicyclic) bond motifs is 2. The van der Waals surface area contributed by atoms with E-state index in [0.29, 0.717) is 17.7 Å². The second-order valence-electron chi connectivity index (χ2n) is 6.91. The average Bonchev–Trinajstić information content (AvgIpc) is 3.16. The fraction of sp³-hybridized carbons (Fsp3) is 0.190. The number of benzene rings is 1. The maximum absolute atomic E-state index is 12.5. The van der Waals surface area contributed by atoms with Crippen LogP contribution in [0.3, 0.4) is 0 Å². The molecular weight excluding hydrogens is 354 g/mol. The Labute approximate surface area is 161 Å². The van der Waals surface area contributed by atoms with Crippen LogP contribution in [0, 0.1) is 0 Å². The third-order valence-corrected chi connectivity index (χ3v) is 5.02. The van der Waals surface area contributed by atoms with Crippen LogP contribution in [-0.2, 0) is 25.4 Å². The number of aromatic amines is 1. The molecule has 3 aromatic heterocycles. The zero-order valence-corrected chi connectivity index (χ0v) is 16.0. The number of imidazole rings is 1. The number of hydrogen-bond acceptors (Lipinski definition) is 3. The number of carbonyl (C=O) groups is 1. The van der Waals surface area contributed by atoms with E-state index in [4.69, 9.17) is 0 Å². The van der Waals surface area contributed by atoms with Gasteiger partial charge in [-0.25, -0.2) is 9.78 Å². The molecule has 4 aromatic rings. The molecule has 7 nitrogen and oxygen atoms in total. The highest BCUT2D eigenvalue weighted by molar-refractivity contribution is 5.92. The molecule has 0 fully saturated rings. The molecule has 4 rings (SSSR count). The molecule has 0 bridgehead atoms. The summed E-state index contributed by atoms with van der Waals surface area (Å²) >= 11 is 0. The number of nitrogens with one attached hydrogen (secondary N) is 1. The van der Waals surface area contributed by atoms with Gasteiger partial charge in [-0.1, -0.05) is 18.2 Å². The first kappa shape index (κ1) is 17.8. The second-order valence-corrected chi connectivity index (χ2v) is 6.91. The number of carbonyl (C=O) groups excluding carboxylic acids is 1. The molecule has 7 heteroatoms. The summed E-state index contributed by atoms with van der Waals surface area (Å²) < 4.78 is 3.60. The molecule has 0 unspecified atom stereocenters. The molecule has 0 aliphatic carbocycles. The molecule has 28 heavy (non-hydrogen) atoms. The summed E-state index contributed by atoms with van der Waals surface area (Å²) in [6, 6.07) is 12.1. The number of para-hydroxylation sites is 1. The minimum Gasteiger partial charge on any atom is -0.346 e. The van der Waals surface area contributed by atoms with Crippen molar-refractivity contribution in [2.24, 2.45) is 14.1 Å². The summed E-state index contributed by atoms with van der Waals surface area (Å²) in [6.07, 6.45) is 4.87. The number of hydrogen-bond donors (Lipinski definition) is 1. The van der Waals surface area contributed by atoms with E-state index in [1.54, 1.807) is 31.3 Å². The van der Waals surface area contributed by atoms with Gasteiger partial charge in [0.25, 0.3) is 0 Å². The van der Waals surface area contributed by atoms with E-state index in [1.165, 1.54) is 10.6 Å². The third-order valence-electron chi connectivity index (χ3n) is 5.02. The zero-order chi connectivity index (χ0) is 19.8. The van der Waals surface area contributed by atoms with Crippen LogP contribution in [0.4, 0.5) is 0 Å². The van der Waals surface area contributed by atoms with Crippen molar-refractivity contribution in [3.05, 3.63) is 70.4 Å². The number of rotatable bonds is 4. The fourth-order valence-corrected chi connectivity index (χ4v) is 3.32. The summed E-state index contributed by atoms with van der Waals surface area (Å²) in [5.41, 5.74) is 3.98. The molecule has 0 saturated carbocycles. The molecule has 0 radical (unpaired) electrons. The van der Waals surface area contributed by atoms with Crippen molar-refractivity contribution >= 4 is 34.1 Å². The Balaban J connectivity index is 1.51. The van der Waals surface area contributed by atoms with E-state index in [0.717, 1.165) is 22.2 Å². The molecule has 1 amide bonds. The Hall–Kier alpha value is -3.61. The summed E-state index contributed by atoms with van der Waals surface area (Å²) in [4.78, 5) is 32.8. The lowest BCUT2D eigenvalue weighted by Crippen LogP contribution is -2.25. The normalized spacial score (nSPS) is 11.7. The fourth-order valence-electron chi connectivity index (χ4n) is 3.32. The van der Waals surface area contributed by atoms with Crippen LogP contribution in [0.5, 0.6) is 0 Å². The number of pyridine rings is 1. The lowest BCUT2D eigenvalue weighted by molar-refractivity contribution is -0.125. The van der Waals surface area contributed by atoms with E-state index in [9.17, 15) is 9.59 Å². The molecule has 0 saturated heterocycles. The number of amides is 1. The highest BCUT2D eigenvalue weighted by Crippen LogP contribution is 2.19. The van der Waals surface area contributed by atoms with Gasteiger partial charge in [0.2, 0.25) is 5.91 Å². The van der Waals surface area contributed by atoms with Crippen LogP contribution in [0.15, 0.2) is 53.5 Å². The maximum atomic E-state index is 12.5. The first-order chi connectivity index (χ1) is 13.4. The predicted octanol–water partition coefficient (Wildman–Crippen LogP) is 2.43. The standard InChI is InChI=1S/C21H21N5O2/c1-24(13-16-11-15-6-4-5-7-17(15)25(16)2)19(27)9-8-14-10-18-20(22-12-14)23-21(28)26(18)3/h4-12H,13H2,1-3H3,(H,22,23,28)/b9-8+. The van der Waals surface area contributed by atoms with Crippen molar-refractivity contribution in [1.29, 1.82) is 0 Å². The Morgan fingerprint density at radius 2 is 1.96 bits per heavy atom. The zero-order valence-electron chi connectivity index (χ0n) is 16.0. The molecule has 0 atom stereocenters. The van der Waals surface area contributed by atoms with E-state index < -0.39 is 0 Å². The van der Waals surface area contributed by atoms with Crippen molar-refractivity contribution in [2.45, 2.75) is 6.54 Å². The second kappa shape index (κ2) is 6.84. The molecule has 0 aliphatic rings. The summed E-state index contributed by atoms with van der Waals surface area (Å²) in [6.45, 7) is 0.512. The lowest BCUT2D eigenvalue weighted by Gasteiger charge is -2.15. The summed E-state index contributed by atoms with van der Waals surface area (Å²) in [7, 11) is 5.47. The maximum Gasteiger partial charge on any atom is 0.327 e. The van der Waals surface area contributed by atoms with E-state index in [1.807, 2.05) is 25.2 Å². The smallest absolute Gasteiger partial charge is 0.327 e. The van der Waals surface area contributed by atoms with Crippen molar-refractivity contribution in [2.75, 3.05) is 7.05 Å². The molecule has 142 valence electrons. The average molecular weight is 375 g/mol. The summed E-state index contributed by atoms with van der Waals surface area (Å²) in [5.74, 6) is -0.103. The largest absolute Gasteiger partial charge is 0.346 e. The number of aryl methyl sites for hydroxylation is 2. The minimum absolute atomic E-state index is 0.103. The molecule has 1 aromatic carbocycles. The molecule has 0 aliphatic heterocycles. The highest BCUT2D eigenvalue weighted by Gasteiger charge is 2.11. The van der Waals surface area contributed by atoms with Gasteiger partial charge in [-0.05, 0) is 35.2 Å². The van der Waals surface area contributed by atoms with Gasteiger partial charge in [0.15, 0.2) is 5.65 Å². The first-order valence-corrected chi connectivity index (χ1v) is 8.95. The number of nitrogens with zero attached hydrogens (tertiary/aromatic N) is 4. The molecular formula is C21H21N5O2. The van der Waals surface area contributed by atoms with E-state index >= 15 is 0 Å². The SMILES string of the molecule is CN(Cc1cc2ccccc2n1C)C(=O)/C=C/c1cnc2[nH]c(=O)n(C)c2c1. The predicted molar refractivity (Wildman–Crippen MR) is 110 cm³/mol. The number of aromatic nitrogens is 4. The Bertz CT molecular complexity index is 1280. The first-order valence-electron chi connectivity index (χ1n) is 8.95. The van der Waals surface area contributed by atoms with Gasteiger partial charge in [-0.3, -0.25) is 14.3 Å². The van der Waals surface area contributed by atoms with Crippen molar-refractivity contribution in [3.8, 4) is 0 Å². The Kier molecular flexibility index (Phi) is 4.35.